The average molecular weight is 364 g/mol. The van der Waals surface area contributed by atoms with Crippen LogP contribution in [0.4, 0.5) is 0 Å². The first kappa shape index (κ1) is 16.1. The molecule has 24 heavy (non-hydrogen) atoms. The van der Waals surface area contributed by atoms with Crippen molar-refractivity contribution in [2.75, 3.05) is 12.3 Å². The van der Waals surface area contributed by atoms with Crippen molar-refractivity contribution < 1.29 is 9.21 Å². The van der Waals surface area contributed by atoms with Gasteiger partial charge >= 0.3 is 0 Å². The van der Waals surface area contributed by atoms with Gasteiger partial charge in [0, 0.05) is 12.6 Å². The molecule has 7 heteroatoms. The van der Waals surface area contributed by atoms with Gasteiger partial charge in [-0.25, -0.2) is 0 Å². The van der Waals surface area contributed by atoms with Crippen LogP contribution in [0.5, 0.6) is 0 Å². The van der Waals surface area contributed by atoms with E-state index in [0.717, 1.165) is 23.8 Å². The number of hydrogen-bond acceptors (Lipinski definition) is 6. The second-order valence-corrected chi connectivity index (χ2v) is 8.35. The molecule has 2 aromatic rings. The molecule has 2 aromatic heterocycles. The standard InChI is InChI=1S/C17H21N3O2S2/c21-15(20-9-3-6-12-5-1-2-7-13(12)20)11-24-17-19-18-16(22-17)14-8-4-10-23-14/h4,8,10,12-13H,1-3,5-7,9,11H2/t12-,13+/m1/s1. The Balaban J connectivity index is 1.36. The number of carbonyl (C=O) groups excluding carboxylic acids is 1. The maximum absolute atomic E-state index is 12.7. The van der Waals surface area contributed by atoms with Crippen LogP contribution in [0.15, 0.2) is 27.2 Å². The Kier molecular flexibility index (Phi) is 4.89. The number of nitrogens with zero attached hydrogens (tertiary/aromatic N) is 3. The van der Waals surface area contributed by atoms with Crippen LogP contribution in [0, 0.1) is 5.92 Å². The van der Waals surface area contributed by atoms with E-state index in [9.17, 15) is 4.79 Å². The second-order valence-electron chi connectivity index (χ2n) is 6.48. The number of amides is 1. The highest BCUT2D eigenvalue weighted by Gasteiger charge is 2.35. The fourth-order valence-corrected chi connectivity index (χ4v) is 5.20. The fraction of sp³-hybridized carbons (Fsp3) is 0.588. The summed E-state index contributed by atoms with van der Waals surface area (Å²) in [6.45, 7) is 0.908. The molecule has 0 bridgehead atoms. The van der Waals surface area contributed by atoms with Crippen molar-refractivity contribution >= 4 is 29.0 Å². The monoisotopic (exact) mass is 363 g/mol. The Morgan fingerprint density at radius 1 is 1.29 bits per heavy atom. The zero-order chi connectivity index (χ0) is 16.4. The molecular weight excluding hydrogens is 342 g/mol. The lowest BCUT2D eigenvalue weighted by Crippen LogP contribution is -2.50. The van der Waals surface area contributed by atoms with E-state index in [-0.39, 0.29) is 5.91 Å². The van der Waals surface area contributed by atoms with Crippen molar-refractivity contribution in [3.05, 3.63) is 17.5 Å². The minimum Gasteiger partial charge on any atom is -0.410 e. The molecule has 1 aliphatic heterocycles. The molecule has 0 spiro atoms. The Morgan fingerprint density at radius 3 is 3.04 bits per heavy atom. The third kappa shape index (κ3) is 3.37. The van der Waals surface area contributed by atoms with Crippen molar-refractivity contribution in [2.45, 2.75) is 49.8 Å². The number of likely N-dealkylation sites (tertiary alicyclic amines) is 1. The highest BCUT2D eigenvalue weighted by molar-refractivity contribution is 7.99. The quantitative estimate of drug-likeness (QED) is 0.766. The number of aromatic nitrogens is 2. The molecule has 4 rings (SSSR count). The average Bonchev–Trinajstić information content (AvgIpc) is 3.30. The second kappa shape index (κ2) is 7.27. The van der Waals surface area contributed by atoms with E-state index < -0.39 is 0 Å². The number of rotatable bonds is 4. The number of piperidine rings is 1. The predicted molar refractivity (Wildman–Crippen MR) is 95.0 cm³/mol. The molecule has 5 nitrogen and oxygen atoms in total. The van der Waals surface area contributed by atoms with Crippen LogP contribution >= 0.6 is 23.1 Å². The van der Waals surface area contributed by atoms with Gasteiger partial charge in [0.25, 0.3) is 11.1 Å². The lowest BCUT2D eigenvalue weighted by atomic mass is 9.78. The molecule has 0 N–H and O–H groups in total. The molecular formula is C17H21N3O2S2. The van der Waals surface area contributed by atoms with Gasteiger partial charge in [-0.3, -0.25) is 4.79 Å². The number of carbonyl (C=O) groups is 1. The van der Waals surface area contributed by atoms with E-state index in [0.29, 0.717) is 22.9 Å². The molecule has 0 unspecified atom stereocenters. The summed E-state index contributed by atoms with van der Waals surface area (Å²) in [4.78, 5) is 15.8. The molecule has 1 saturated heterocycles. The Bertz CT molecular complexity index is 684. The molecule has 1 aliphatic carbocycles. The maximum Gasteiger partial charge on any atom is 0.277 e. The van der Waals surface area contributed by atoms with Gasteiger partial charge in [-0.2, -0.15) is 0 Å². The zero-order valence-electron chi connectivity index (χ0n) is 13.5. The van der Waals surface area contributed by atoms with Crippen LogP contribution in [0.3, 0.4) is 0 Å². The first-order valence-electron chi connectivity index (χ1n) is 8.61. The normalized spacial score (nSPS) is 23.9. The molecule has 2 fully saturated rings. The summed E-state index contributed by atoms with van der Waals surface area (Å²) in [5, 5.41) is 10.6. The van der Waals surface area contributed by atoms with Gasteiger partial charge in [-0.1, -0.05) is 30.7 Å². The SMILES string of the molecule is O=C(CSc1nnc(-c2cccs2)o1)N1CCC[C@H]2CCCC[C@@H]21. The summed E-state index contributed by atoms with van der Waals surface area (Å²) < 4.78 is 5.65. The number of thioether (sulfide) groups is 1. The van der Waals surface area contributed by atoms with Crippen LogP contribution in [0.1, 0.15) is 38.5 Å². The summed E-state index contributed by atoms with van der Waals surface area (Å²) in [7, 11) is 0. The molecule has 1 saturated carbocycles. The van der Waals surface area contributed by atoms with Crippen LogP contribution in [0.2, 0.25) is 0 Å². The van der Waals surface area contributed by atoms with Gasteiger partial charge in [0.1, 0.15) is 0 Å². The highest BCUT2D eigenvalue weighted by atomic mass is 32.2. The van der Waals surface area contributed by atoms with Gasteiger partial charge in [0.05, 0.1) is 10.6 Å². The zero-order valence-corrected chi connectivity index (χ0v) is 15.2. The maximum atomic E-state index is 12.7. The minimum atomic E-state index is 0.215. The van der Waals surface area contributed by atoms with E-state index in [1.165, 1.54) is 43.9 Å². The van der Waals surface area contributed by atoms with Crippen molar-refractivity contribution in [3.63, 3.8) is 0 Å². The van der Waals surface area contributed by atoms with E-state index in [1.54, 1.807) is 11.3 Å². The number of thiophene rings is 1. The first-order chi connectivity index (χ1) is 11.8. The summed E-state index contributed by atoms with van der Waals surface area (Å²) in [6.07, 6.45) is 7.47. The largest absolute Gasteiger partial charge is 0.410 e. The summed E-state index contributed by atoms with van der Waals surface area (Å²) in [6, 6.07) is 4.37. The van der Waals surface area contributed by atoms with Crippen molar-refractivity contribution in [2.24, 2.45) is 5.92 Å². The van der Waals surface area contributed by atoms with Crippen LogP contribution in [0.25, 0.3) is 10.8 Å². The van der Waals surface area contributed by atoms with Gasteiger partial charge < -0.3 is 9.32 Å². The van der Waals surface area contributed by atoms with E-state index >= 15 is 0 Å². The van der Waals surface area contributed by atoms with Crippen LogP contribution in [-0.4, -0.2) is 39.3 Å². The lowest BCUT2D eigenvalue weighted by Gasteiger charge is -2.44. The summed E-state index contributed by atoms with van der Waals surface area (Å²) in [5.41, 5.74) is 0. The molecule has 0 aromatic carbocycles. The lowest BCUT2D eigenvalue weighted by molar-refractivity contribution is -0.134. The van der Waals surface area contributed by atoms with Crippen molar-refractivity contribution in [1.29, 1.82) is 0 Å². The van der Waals surface area contributed by atoms with E-state index in [2.05, 4.69) is 15.1 Å². The van der Waals surface area contributed by atoms with Crippen molar-refractivity contribution in [3.8, 4) is 10.8 Å². The molecule has 1 amide bonds. The summed E-state index contributed by atoms with van der Waals surface area (Å²) >= 11 is 2.92. The Morgan fingerprint density at radius 2 is 2.17 bits per heavy atom. The van der Waals surface area contributed by atoms with Gasteiger partial charge in [-0.15, -0.1) is 21.5 Å². The topological polar surface area (TPSA) is 59.2 Å². The van der Waals surface area contributed by atoms with Gasteiger partial charge in [0.15, 0.2) is 0 Å². The van der Waals surface area contributed by atoms with Gasteiger partial charge in [-0.05, 0) is 43.0 Å². The molecule has 0 radical (unpaired) electrons. The third-order valence-electron chi connectivity index (χ3n) is 5.02. The Labute approximate surface area is 149 Å². The third-order valence-corrected chi connectivity index (χ3v) is 6.68. The van der Waals surface area contributed by atoms with Crippen LogP contribution in [-0.2, 0) is 4.79 Å². The number of hydrogen-bond donors (Lipinski definition) is 0. The van der Waals surface area contributed by atoms with Crippen molar-refractivity contribution in [1.82, 2.24) is 15.1 Å². The Hall–Kier alpha value is -1.34. The fourth-order valence-electron chi connectivity index (χ4n) is 3.91. The highest BCUT2D eigenvalue weighted by Crippen LogP contribution is 2.36. The molecule has 3 heterocycles. The summed E-state index contributed by atoms with van der Waals surface area (Å²) in [5.74, 6) is 1.85. The predicted octanol–water partition coefficient (Wildman–Crippen LogP) is 4.07. The minimum absolute atomic E-state index is 0.215. The smallest absolute Gasteiger partial charge is 0.277 e. The molecule has 128 valence electrons. The first-order valence-corrected chi connectivity index (χ1v) is 10.5. The van der Waals surface area contributed by atoms with E-state index in [4.69, 9.17) is 4.42 Å². The van der Waals surface area contributed by atoms with E-state index in [1.807, 2.05) is 17.5 Å². The molecule has 2 aliphatic rings. The van der Waals surface area contributed by atoms with Crippen LogP contribution < -0.4 is 0 Å². The van der Waals surface area contributed by atoms with Gasteiger partial charge in [0.2, 0.25) is 5.91 Å². The molecule has 2 atom stereocenters. The number of fused-ring (bicyclic) bond motifs is 1.